The maximum Gasteiger partial charge on any atom is 0.233 e. The van der Waals surface area contributed by atoms with Crippen LogP contribution >= 0.6 is 0 Å². The monoisotopic (exact) mass is 457 g/mol. The summed E-state index contributed by atoms with van der Waals surface area (Å²) in [7, 11) is 0. The first kappa shape index (κ1) is 22.3. The Bertz CT molecular complexity index is 999. The Labute approximate surface area is 192 Å². The van der Waals surface area contributed by atoms with Gasteiger partial charge in [0.2, 0.25) is 5.91 Å². The van der Waals surface area contributed by atoms with E-state index >= 15 is 0 Å². The minimum absolute atomic E-state index is 0.0448. The highest BCUT2D eigenvalue weighted by molar-refractivity contribution is 5.88. The Morgan fingerprint density at radius 2 is 1.76 bits per heavy atom. The molecule has 1 atom stereocenters. The smallest absolute Gasteiger partial charge is 0.233 e. The molecule has 3 aliphatic rings. The quantitative estimate of drug-likeness (QED) is 0.689. The lowest BCUT2D eigenvalue weighted by atomic mass is 9.72. The van der Waals surface area contributed by atoms with Gasteiger partial charge in [-0.1, -0.05) is 24.3 Å². The van der Waals surface area contributed by atoms with E-state index in [2.05, 4.69) is 0 Å². The minimum atomic E-state index is -0.752. The molecule has 0 aliphatic carbocycles. The molecule has 7 heteroatoms. The average Bonchev–Trinajstić information content (AvgIpc) is 3.23. The Morgan fingerprint density at radius 1 is 1.00 bits per heavy atom. The predicted octanol–water partition coefficient (Wildman–Crippen LogP) is 4.24. The van der Waals surface area contributed by atoms with Crippen LogP contribution in [0.3, 0.4) is 0 Å². The molecular formula is C26H29F2NO4. The van der Waals surface area contributed by atoms with Crippen molar-refractivity contribution < 1.29 is 27.8 Å². The number of halogens is 2. The van der Waals surface area contributed by atoms with Crippen molar-refractivity contribution in [3.63, 3.8) is 0 Å². The number of ether oxygens (including phenoxy) is 3. The Hall–Kier alpha value is -2.51. The van der Waals surface area contributed by atoms with E-state index in [1.165, 1.54) is 18.2 Å². The highest BCUT2D eigenvalue weighted by atomic mass is 19.1. The molecule has 0 saturated carbocycles. The van der Waals surface area contributed by atoms with E-state index in [4.69, 9.17) is 14.2 Å². The first-order valence-corrected chi connectivity index (χ1v) is 11.7. The van der Waals surface area contributed by atoms with Crippen molar-refractivity contribution in [3.05, 3.63) is 65.7 Å². The van der Waals surface area contributed by atoms with E-state index in [0.29, 0.717) is 65.0 Å². The number of carbonyl (C=O) groups is 1. The van der Waals surface area contributed by atoms with Crippen LogP contribution in [0.1, 0.15) is 37.7 Å². The zero-order valence-electron chi connectivity index (χ0n) is 18.6. The zero-order chi connectivity index (χ0) is 22.9. The molecule has 3 saturated heterocycles. The number of rotatable bonds is 4. The van der Waals surface area contributed by atoms with Gasteiger partial charge in [0.15, 0.2) is 11.6 Å². The molecule has 0 radical (unpaired) electrons. The summed E-state index contributed by atoms with van der Waals surface area (Å²) >= 11 is 0. The number of para-hydroxylation sites is 1. The van der Waals surface area contributed by atoms with Crippen LogP contribution in [0.4, 0.5) is 8.78 Å². The van der Waals surface area contributed by atoms with Gasteiger partial charge in [0.25, 0.3) is 0 Å². The average molecular weight is 458 g/mol. The third-order valence-corrected chi connectivity index (χ3v) is 7.40. The van der Waals surface area contributed by atoms with Crippen molar-refractivity contribution >= 4 is 5.91 Å². The van der Waals surface area contributed by atoms with Gasteiger partial charge in [0.1, 0.15) is 11.9 Å². The van der Waals surface area contributed by atoms with E-state index < -0.39 is 5.41 Å². The summed E-state index contributed by atoms with van der Waals surface area (Å²) in [5.41, 5.74) is -0.377. The standard InChI is InChI=1S/C26H29F2NO4/c27-20-5-3-4-19(16-20)26(10-14-31-15-11-26)24(30)29-12-8-25(9-13-29)17-21(18-32-25)33-23-7-2-1-6-22(23)28/h1-7,16,21H,8-15,17-18H2/t21-/m1/s1. The van der Waals surface area contributed by atoms with Crippen molar-refractivity contribution in [3.8, 4) is 5.75 Å². The van der Waals surface area contributed by atoms with Crippen LogP contribution in [0, 0.1) is 11.6 Å². The normalized spacial score (nSPS) is 24.1. The van der Waals surface area contributed by atoms with Crippen LogP contribution in [-0.2, 0) is 19.7 Å². The number of nitrogens with zero attached hydrogens (tertiary/aromatic N) is 1. The lowest BCUT2D eigenvalue weighted by molar-refractivity contribution is -0.146. The number of likely N-dealkylation sites (tertiary alicyclic amines) is 1. The molecule has 1 spiro atoms. The van der Waals surface area contributed by atoms with E-state index in [1.54, 1.807) is 24.3 Å². The Balaban J connectivity index is 1.25. The Kier molecular flexibility index (Phi) is 6.10. The second-order valence-corrected chi connectivity index (χ2v) is 9.37. The molecule has 3 heterocycles. The third kappa shape index (κ3) is 4.36. The molecule has 1 amide bonds. The second kappa shape index (κ2) is 9.03. The number of hydrogen-bond donors (Lipinski definition) is 0. The molecule has 3 fully saturated rings. The lowest BCUT2D eigenvalue weighted by Crippen LogP contribution is -2.54. The van der Waals surface area contributed by atoms with Gasteiger partial charge in [0, 0.05) is 32.7 Å². The van der Waals surface area contributed by atoms with Gasteiger partial charge in [-0.25, -0.2) is 8.78 Å². The number of piperidine rings is 1. The van der Waals surface area contributed by atoms with Crippen molar-refractivity contribution in [2.45, 2.75) is 49.2 Å². The summed E-state index contributed by atoms with van der Waals surface area (Å²) < 4.78 is 45.5. The van der Waals surface area contributed by atoms with E-state index in [0.717, 1.165) is 5.56 Å². The fraction of sp³-hybridized carbons (Fsp3) is 0.500. The van der Waals surface area contributed by atoms with Crippen molar-refractivity contribution in [2.24, 2.45) is 0 Å². The molecule has 0 unspecified atom stereocenters. The van der Waals surface area contributed by atoms with Gasteiger partial charge in [-0.05, 0) is 55.5 Å². The van der Waals surface area contributed by atoms with Crippen molar-refractivity contribution in [2.75, 3.05) is 32.9 Å². The molecule has 3 aliphatic heterocycles. The van der Waals surface area contributed by atoms with Gasteiger partial charge < -0.3 is 19.1 Å². The first-order chi connectivity index (χ1) is 16.0. The number of benzene rings is 2. The highest BCUT2D eigenvalue weighted by Crippen LogP contribution is 2.41. The minimum Gasteiger partial charge on any atom is -0.485 e. The van der Waals surface area contributed by atoms with Crippen molar-refractivity contribution in [1.82, 2.24) is 4.90 Å². The van der Waals surface area contributed by atoms with Crippen LogP contribution < -0.4 is 4.74 Å². The fourth-order valence-electron chi connectivity index (χ4n) is 5.50. The molecule has 5 nitrogen and oxygen atoms in total. The van der Waals surface area contributed by atoms with Gasteiger partial charge in [-0.3, -0.25) is 4.79 Å². The maximum atomic E-state index is 14.0. The van der Waals surface area contributed by atoms with E-state index in [9.17, 15) is 13.6 Å². The summed E-state index contributed by atoms with van der Waals surface area (Å²) in [5.74, 6) is -0.419. The Morgan fingerprint density at radius 3 is 2.48 bits per heavy atom. The number of amides is 1. The van der Waals surface area contributed by atoms with Crippen LogP contribution in [0.15, 0.2) is 48.5 Å². The van der Waals surface area contributed by atoms with Crippen molar-refractivity contribution in [1.29, 1.82) is 0 Å². The van der Waals surface area contributed by atoms with Crippen LogP contribution in [0.25, 0.3) is 0 Å². The summed E-state index contributed by atoms with van der Waals surface area (Å²) in [6.07, 6.45) is 2.96. The van der Waals surface area contributed by atoms with Gasteiger partial charge >= 0.3 is 0 Å². The molecule has 0 aromatic heterocycles. The number of carbonyl (C=O) groups excluding carboxylic acids is 1. The predicted molar refractivity (Wildman–Crippen MR) is 118 cm³/mol. The largest absolute Gasteiger partial charge is 0.485 e. The highest BCUT2D eigenvalue weighted by Gasteiger charge is 2.49. The summed E-state index contributed by atoms with van der Waals surface area (Å²) in [6.45, 7) is 2.52. The van der Waals surface area contributed by atoms with Gasteiger partial charge in [-0.15, -0.1) is 0 Å². The molecule has 2 aromatic rings. The molecule has 33 heavy (non-hydrogen) atoms. The molecule has 2 aromatic carbocycles. The topological polar surface area (TPSA) is 48.0 Å². The van der Waals surface area contributed by atoms with Crippen LogP contribution in [0.5, 0.6) is 5.75 Å². The molecule has 0 bridgehead atoms. The van der Waals surface area contributed by atoms with E-state index in [-0.39, 0.29) is 35.0 Å². The van der Waals surface area contributed by atoms with E-state index in [1.807, 2.05) is 11.0 Å². The summed E-state index contributed by atoms with van der Waals surface area (Å²) in [5, 5.41) is 0. The molecule has 0 N–H and O–H groups in total. The van der Waals surface area contributed by atoms with Crippen LogP contribution in [-0.4, -0.2) is 55.4 Å². The lowest BCUT2D eigenvalue weighted by Gasteiger charge is -2.44. The summed E-state index contributed by atoms with van der Waals surface area (Å²) in [4.78, 5) is 15.7. The van der Waals surface area contributed by atoms with Gasteiger partial charge in [0.05, 0.1) is 17.6 Å². The molecule has 5 rings (SSSR count). The molecule has 176 valence electrons. The van der Waals surface area contributed by atoms with Gasteiger partial charge in [-0.2, -0.15) is 0 Å². The SMILES string of the molecule is O=C(N1CCC2(CC1)C[C@@H](Oc1ccccc1F)CO2)C1(c2cccc(F)c2)CCOCC1. The first-order valence-electron chi connectivity index (χ1n) is 11.7. The number of hydrogen-bond acceptors (Lipinski definition) is 4. The zero-order valence-corrected chi connectivity index (χ0v) is 18.6. The summed E-state index contributed by atoms with van der Waals surface area (Å²) in [6, 6.07) is 12.8. The van der Waals surface area contributed by atoms with Crippen LogP contribution in [0.2, 0.25) is 0 Å². The maximum absolute atomic E-state index is 14.0. The second-order valence-electron chi connectivity index (χ2n) is 9.37. The fourth-order valence-corrected chi connectivity index (χ4v) is 5.50. The molecular weight excluding hydrogens is 428 g/mol. The third-order valence-electron chi connectivity index (χ3n) is 7.40.